The van der Waals surface area contributed by atoms with Gasteiger partial charge in [-0.3, -0.25) is 14.5 Å². The molecule has 1 N–H and O–H groups in total. The van der Waals surface area contributed by atoms with Crippen LogP contribution in [0.5, 0.6) is 0 Å². The summed E-state index contributed by atoms with van der Waals surface area (Å²) in [4.78, 5) is 28.2. The number of likely N-dealkylation sites (tertiary alicyclic amines) is 2. The van der Waals surface area contributed by atoms with Crippen LogP contribution in [0.3, 0.4) is 0 Å². The predicted molar refractivity (Wildman–Crippen MR) is 82.8 cm³/mol. The normalized spacial score (nSPS) is 27.6. The highest BCUT2D eigenvalue weighted by atomic mass is 16.2. The van der Waals surface area contributed by atoms with Crippen molar-refractivity contribution < 1.29 is 9.59 Å². The third kappa shape index (κ3) is 3.46. The summed E-state index contributed by atoms with van der Waals surface area (Å²) in [5.41, 5.74) is 0. The standard InChI is InChI=1S/C16H27N3O2/c1-4-9-17-16(21)12(2)18-10-5-7-14(18)15-8-6-11-19(15)13(3)20/h4,12,14-15H,1,5-11H2,2-3H3,(H,17,21). The molecule has 2 heterocycles. The number of nitrogens with one attached hydrogen (secondary N) is 1. The van der Waals surface area contributed by atoms with Gasteiger partial charge in [-0.15, -0.1) is 6.58 Å². The minimum absolute atomic E-state index is 0.0502. The lowest BCUT2D eigenvalue weighted by Gasteiger charge is -2.37. The van der Waals surface area contributed by atoms with Crippen LogP contribution in [0.4, 0.5) is 0 Å². The lowest BCUT2D eigenvalue weighted by Crippen LogP contribution is -2.54. The molecule has 0 radical (unpaired) electrons. The zero-order chi connectivity index (χ0) is 15.4. The highest BCUT2D eigenvalue weighted by molar-refractivity contribution is 5.81. The summed E-state index contributed by atoms with van der Waals surface area (Å²) in [6, 6.07) is 0.451. The Kier molecular flexibility index (Phi) is 5.39. The number of hydrogen-bond acceptors (Lipinski definition) is 3. The maximum Gasteiger partial charge on any atom is 0.237 e. The molecule has 2 amide bonds. The van der Waals surface area contributed by atoms with Gasteiger partial charge in [-0.2, -0.15) is 0 Å². The first kappa shape index (κ1) is 16.0. The summed E-state index contributed by atoms with van der Waals surface area (Å²) >= 11 is 0. The van der Waals surface area contributed by atoms with Crippen LogP contribution in [0.1, 0.15) is 39.5 Å². The maximum absolute atomic E-state index is 12.2. The SMILES string of the molecule is C=CCNC(=O)C(C)N1CCCC1C1CCCN1C(C)=O. The Morgan fingerprint density at radius 3 is 2.62 bits per heavy atom. The summed E-state index contributed by atoms with van der Waals surface area (Å²) in [6.07, 6.45) is 6.01. The van der Waals surface area contributed by atoms with E-state index < -0.39 is 0 Å². The molecule has 118 valence electrons. The van der Waals surface area contributed by atoms with Gasteiger partial charge in [-0.1, -0.05) is 6.08 Å². The zero-order valence-corrected chi connectivity index (χ0v) is 13.2. The van der Waals surface area contributed by atoms with E-state index >= 15 is 0 Å². The highest BCUT2D eigenvalue weighted by Crippen LogP contribution is 2.31. The monoisotopic (exact) mass is 293 g/mol. The molecule has 0 spiro atoms. The van der Waals surface area contributed by atoms with Crippen molar-refractivity contribution in [3.63, 3.8) is 0 Å². The molecule has 0 bridgehead atoms. The minimum Gasteiger partial charge on any atom is -0.351 e. The summed E-state index contributed by atoms with van der Waals surface area (Å²) in [5, 5.41) is 2.87. The summed E-state index contributed by atoms with van der Waals surface area (Å²) in [6.45, 7) is 9.54. The van der Waals surface area contributed by atoms with Gasteiger partial charge in [0, 0.05) is 32.1 Å². The van der Waals surface area contributed by atoms with E-state index in [2.05, 4.69) is 16.8 Å². The fraction of sp³-hybridized carbons (Fsp3) is 0.750. The lowest BCUT2D eigenvalue weighted by atomic mass is 10.0. The number of nitrogens with zero attached hydrogens (tertiary/aromatic N) is 2. The van der Waals surface area contributed by atoms with Gasteiger partial charge in [0.1, 0.15) is 0 Å². The van der Waals surface area contributed by atoms with Gasteiger partial charge < -0.3 is 10.2 Å². The third-order valence-corrected chi connectivity index (χ3v) is 4.79. The molecule has 0 aliphatic carbocycles. The number of amides is 2. The van der Waals surface area contributed by atoms with E-state index in [0.717, 1.165) is 38.8 Å². The molecule has 0 aromatic rings. The van der Waals surface area contributed by atoms with Crippen molar-refractivity contribution in [2.75, 3.05) is 19.6 Å². The summed E-state index contributed by atoms with van der Waals surface area (Å²) in [7, 11) is 0. The number of hydrogen-bond donors (Lipinski definition) is 1. The van der Waals surface area contributed by atoms with Crippen molar-refractivity contribution in [2.24, 2.45) is 0 Å². The van der Waals surface area contributed by atoms with Gasteiger partial charge in [0.25, 0.3) is 0 Å². The predicted octanol–water partition coefficient (Wildman–Crippen LogP) is 1.15. The van der Waals surface area contributed by atoms with Crippen LogP contribution in [0.25, 0.3) is 0 Å². The number of rotatable bonds is 5. The van der Waals surface area contributed by atoms with Crippen LogP contribution in [0, 0.1) is 0 Å². The van der Waals surface area contributed by atoms with Crippen molar-refractivity contribution in [2.45, 2.75) is 57.7 Å². The van der Waals surface area contributed by atoms with Crippen LogP contribution < -0.4 is 5.32 Å². The molecule has 0 aromatic carbocycles. The van der Waals surface area contributed by atoms with Gasteiger partial charge in [0.05, 0.1) is 6.04 Å². The topological polar surface area (TPSA) is 52.7 Å². The Morgan fingerprint density at radius 1 is 1.29 bits per heavy atom. The van der Waals surface area contributed by atoms with Crippen LogP contribution in [0.2, 0.25) is 0 Å². The van der Waals surface area contributed by atoms with Crippen molar-refractivity contribution in [3.05, 3.63) is 12.7 Å². The Balaban J connectivity index is 2.04. The summed E-state index contributed by atoms with van der Waals surface area (Å²) < 4.78 is 0. The molecule has 2 aliphatic rings. The average molecular weight is 293 g/mol. The van der Waals surface area contributed by atoms with Crippen LogP contribution in [-0.2, 0) is 9.59 Å². The lowest BCUT2D eigenvalue weighted by molar-refractivity contribution is -0.131. The second-order valence-electron chi connectivity index (χ2n) is 6.08. The zero-order valence-electron chi connectivity index (χ0n) is 13.2. The van der Waals surface area contributed by atoms with E-state index in [0.29, 0.717) is 12.6 Å². The van der Waals surface area contributed by atoms with E-state index in [1.54, 1.807) is 13.0 Å². The number of carbonyl (C=O) groups is 2. The highest BCUT2D eigenvalue weighted by Gasteiger charge is 2.41. The smallest absolute Gasteiger partial charge is 0.237 e. The molecule has 21 heavy (non-hydrogen) atoms. The van der Waals surface area contributed by atoms with Gasteiger partial charge in [-0.25, -0.2) is 0 Å². The number of carbonyl (C=O) groups excluding carboxylic acids is 2. The molecule has 2 rings (SSSR count). The van der Waals surface area contributed by atoms with Gasteiger partial charge in [0.2, 0.25) is 11.8 Å². The maximum atomic E-state index is 12.2. The Morgan fingerprint density at radius 2 is 1.95 bits per heavy atom. The second-order valence-corrected chi connectivity index (χ2v) is 6.08. The first-order valence-electron chi connectivity index (χ1n) is 7.97. The van der Waals surface area contributed by atoms with E-state index in [1.165, 1.54) is 0 Å². The van der Waals surface area contributed by atoms with E-state index in [9.17, 15) is 9.59 Å². The van der Waals surface area contributed by atoms with Crippen LogP contribution in [0.15, 0.2) is 12.7 Å². The minimum atomic E-state index is -0.146. The van der Waals surface area contributed by atoms with Crippen molar-refractivity contribution in [1.82, 2.24) is 15.1 Å². The second kappa shape index (κ2) is 7.07. The van der Waals surface area contributed by atoms with Gasteiger partial charge >= 0.3 is 0 Å². The van der Waals surface area contributed by atoms with Crippen molar-refractivity contribution in [1.29, 1.82) is 0 Å². The molecular formula is C16H27N3O2. The molecule has 5 nitrogen and oxygen atoms in total. The Bertz CT molecular complexity index is 410. The van der Waals surface area contributed by atoms with E-state index in [4.69, 9.17) is 0 Å². The van der Waals surface area contributed by atoms with Crippen LogP contribution in [-0.4, -0.2) is 59.4 Å². The third-order valence-electron chi connectivity index (χ3n) is 4.79. The summed E-state index contributed by atoms with van der Waals surface area (Å²) in [5.74, 6) is 0.210. The molecular weight excluding hydrogens is 266 g/mol. The Hall–Kier alpha value is -1.36. The van der Waals surface area contributed by atoms with Gasteiger partial charge in [0.15, 0.2) is 0 Å². The van der Waals surface area contributed by atoms with Crippen molar-refractivity contribution >= 4 is 11.8 Å². The first-order valence-corrected chi connectivity index (χ1v) is 7.97. The van der Waals surface area contributed by atoms with Gasteiger partial charge in [-0.05, 0) is 39.2 Å². The molecule has 0 saturated carbocycles. The quantitative estimate of drug-likeness (QED) is 0.774. The average Bonchev–Trinajstić information content (AvgIpc) is 3.10. The fourth-order valence-electron chi connectivity index (χ4n) is 3.76. The molecule has 2 aliphatic heterocycles. The molecule has 0 aromatic heterocycles. The molecule has 3 atom stereocenters. The van der Waals surface area contributed by atoms with Crippen LogP contribution >= 0.6 is 0 Å². The van der Waals surface area contributed by atoms with E-state index in [1.807, 2.05) is 11.8 Å². The Labute approximate surface area is 127 Å². The molecule has 2 saturated heterocycles. The molecule has 5 heteroatoms. The fourth-order valence-corrected chi connectivity index (χ4v) is 3.76. The molecule has 3 unspecified atom stereocenters. The van der Waals surface area contributed by atoms with E-state index in [-0.39, 0.29) is 23.9 Å². The first-order chi connectivity index (χ1) is 10.1. The van der Waals surface area contributed by atoms with Crippen molar-refractivity contribution in [3.8, 4) is 0 Å². The largest absolute Gasteiger partial charge is 0.351 e. The molecule has 2 fully saturated rings.